The maximum Gasteiger partial charge on any atom is 0.242 e. The lowest BCUT2D eigenvalue weighted by Crippen LogP contribution is -2.38. The topological polar surface area (TPSA) is 82.9 Å². The van der Waals surface area contributed by atoms with Crippen LogP contribution in [-0.2, 0) is 10.0 Å². The zero-order chi connectivity index (χ0) is 14.6. The van der Waals surface area contributed by atoms with E-state index in [2.05, 4.69) is 9.71 Å². The van der Waals surface area contributed by atoms with Gasteiger partial charge >= 0.3 is 0 Å². The summed E-state index contributed by atoms with van der Waals surface area (Å²) in [6.45, 7) is 1.92. The van der Waals surface area contributed by atoms with E-state index in [-0.39, 0.29) is 16.6 Å². The van der Waals surface area contributed by atoms with E-state index in [9.17, 15) is 8.42 Å². The molecular weight excluding hydrogens is 274 g/mol. The molecule has 0 amide bonds. The minimum absolute atomic E-state index is 0.0732. The molecule has 2 rings (SSSR count). The summed E-state index contributed by atoms with van der Waals surface area (Å²) in [4.78, 5) is 3.91. The van der Waals surface area contributed by atoms with E-state index in [4.69, 9.17) is 5.26 Å². The van der Waals surface area contributed by atoms with Crippen molar-refractivity contribution < 1.29 is 8.42 Å². The van der Waals surface area contributed by atoms with Crippen LogP contribution in [0.15, 0.2) is 23.2 Å². The van der Waals surface area contributed by atoms with Gasteiger partial charge in [0.15, 0.2) is 0 Å². The lowest BCUT2D eigenvalue weighted by atomic mass is 9.85. The first-order valence-electron chi connectivity index (χ1n) is 6.91. The SMILES string of the molecule is CC(NS(=O)(=O)c1ccc(C#N)nc1)C1CCCCC1. The molecule has 0 radical (unpaired) electrons. The fourth-order valence-electron chi connectivity index (χ4n) is 2.65. The molecule has 20 heavy (non-hydrogen) atoms. The van der Waals surface area contributed by atoms with Gasteiger partial charge in [0.1, 0.15) is 16.7 Å². The Labute approximate surface area is 120 Å². The lowest BCUT2D eigenvalue weighted by Gasteiger charge is -2.28. The van der Waals surface area contributed by atoms with Crippen molar-refractivity contribution >= 4 is 10.0 Å². The summed E-state index contributed by atoms with van der Waals surface area (Å²) < 4.78 is 27.2. The number of sulfonamides is 1. The molecule has 1 saturated carbocycles. The maximum atomic E-state index is 12.3. The molecule has 1 atom stereocenters. The predicted molar refractivity (Wildman–Crippen MR) is 75.3 cm³/mol. The average molecular weight is 293 g/mol. The first-order valence-corrected chi connectivity index (χ1v) is 8.40. The van der Waals surface area contributed by atoms with Gasteiger partial charge in [0.25, 0.3) is 0 Å². The second-order valence-corrected chi connectivity index (χ2v) is 7.01. The molecule has 0 saturated heterocycles. The number of aromatic nitrogens is 1. The number of nitrogens with zero attached hydrogens (tertiary/aromatic N) is 2. The van der Waals surface area contributed by atoms with E-state index < -0.39 is 10.0 Å². The molecule has 5 nitrogen and oxygen atoms in total. The number of nitriles is 1. The maximum absolute atomic E-state index is 12.3. The summed E-state index contributed by atoms with van der Waals surface area (Å²) in [5.74, 6) is 0.407. The summed E-state index contributed by atoms with van der Waals surface area (Å²) in [6, 6.07) is 4.63. The van der Waals surface area contributed by atoms with Gasteiger partial charge in [-0.1, -0.05) is 19.3 Å². The smallest absolute Gasteiger partial charge is 0.242 e. The van der Waals surface area contributed by atoms with Crippen LogP contribution in [0.2, 0.25) is 0 Å². The van der Waals surface area contributed by atoms with E-state index in [0.29, 0.717) is 5.92 Å². The monoisotopic (exact) mass is 293 g/mol. The first-order chi connectivity index (χ1) is 9.53. The van der Waals surface area contributed by atoms with E-state index in [0.717, 1.165) is 12.8 Å². The third-order valence-corrected chi connectivity index (χ3v) is 5.40. The first kappa shape index (κ1) is 14.9. The van der Waals surface area contributed by atoms with Crippen LogP contribution in [0.25, 0.3) is 0 Å². The second-order valence-electron chi connectivity index (χ2n) is 5.30. The number of hydrogen-bond acceptors (Lipinski definition) is 4. The van der Waals surface area contributed by atoms with Crippen LogP contribution in [0.5, 0.6) is 0 Å². The Morgan fingerprint density at radius 3 is 2.60 bits per heavy atom. The van der Waals surface area contributed by atoms with Crippen LogP contribution in [0.1, 0.15) is 44.7 Å². The van der Waals surface area contributed by atoms with Crippen LogP contribution >= 0.6 is 0 Å². The molecule has 0 aliphatic heterocycles. The molecule has 1 aromatic heterocycles. The number of rotatable bonds is 4. The summed E-state index contributed by atoms with van der Waals surface area (Å²) >= 11 is 0. The third-order valence-electron chi connectivity index (χ3n) is 3.86. The van der Waals surface area contributed by atoms with Crippen LogP contribution in [-0.4, -0.2) is 19.4 Å². The molecule has 1 unspecified atom stereocenters. The van der Waals surface area contributed by atoms with Crippen molar-refractivity contribution in [3.05, 3.63) is 24.0 Å². The van der Waals surface area contributed by atoms with Gasteiger partial charge in [-0.15, -0.1) is 0 Å². The Morgan fingerprint density at radius 2 is 2.05 bits per heavy atom. The molecule has 108 valence electrons. The minimum atomic E-state index is -3.56. The summed E-state index contributed by atoms with van der Waals surface area (Å²) in [6.07, 6.45) is 6.99. The van der Waals surface area contributed by atoms with Crippen molar-refractivity contribution in [1.82, 2.24) is 9.71 Å². The van der Waals surface area contributed by atoms with Crippen molar-refractivity contribution in [3.8, 4) is 6.07 Å². The van der Waals surface area contributed by atoms with Gasteiger partial charge in [0.05, 0.1) is 0 Å². The highest BCUT2D eigenvalue weighted by molar-refractivity contribution is 7.89. The highest BCUT2D eigenvalue weighted by atomic mass is 32.2. The molecule has 1 N–H and O–H groups in total. The highest BCUT2D eigenvalue weighted by Gasteiger charge is 2.25. The highest BCUT2D eigenvalue weighted by Crippen LogP contribution is 2.27. The Hall–Kier alpha value is -1.45. The van der Waals surface area contributed by atoms with Crippen LogP contribution in [0.4, 0.5) is 0 Å². The van der Waals surface area contributed by atoms with Crippen LogP contribution < -0.4 is 4.72 Å². The molecule has 0 aromatic carbocycles. The van der Waals surface area contributed by atoms with Crippen LogP contribution in [0, 0.1) is 17.2 Å². The Morgan fingerprint density at radius 1 is 1.35 bits per heavy atom. The minimum Gasteiger partial charge on any atom is -0.244 e. The second kappa shape index (κ2) is 6.33. The van der Waals surface area contributed by atoms with Gasteiger partial charge in [-0.3, -0.25) is 0 Å². The Kier molecular flexibility index (Phi) is 4.73. The molecule has 1 heterocycles. The zero-order valence-corrected chi connectivity index (χ0v) is 12.4. The molecule has 1 aromatic rings. The van der Waals surface area contributed by atoms with Crippen molar-refractivity contribution in [2.24, 2.45) is 5.92 Å². The lowest BCUT2D eigenvalue weighted by molar-refractivity contribution is 0.303. The van der Waals surface area contributed by atoms with Gasteiger partial charge in [0.2, 0.25) is 10.0 Å². The summed E-state index contributed by atoms with van der Waals surface area (Å²) in [5.41, 5.74) is 0.212. The van der Waals surface area contributed by atoms with Crippen LogP contribution in [0.3, 0.4) is 0 Å². The van der Waals surface area contributed by atoms with Gasteiger partial charge in [-0.2, -0.15) is 5.26 Å². The van der Waals surface area contributed by atoms with Gasteiger partial charge in [0, 0.05) is 12.2 Å². The summed E-state index contributed by atoms with van der Waals surface area (Å²) in [7, 11) is -3.56. The molecule has 1 fully saturated rings. The van der Waals surface area contributed by atoms with Crippen molar-refractivity contribution in [1.29, 1.82) is 5.26 Å². The number of nitrogens with one attached hydrogen (secondary N) is 1. The van der Waals surface area contributed by atoms with Crippen molar-refractivity contribution in [3.63, 3.8) is 0 Å². The van der Waals surface area contributed by atoms with Gasteiger partial charge < -0.3 is 0 Å². The number of pyridine rings is 1. The standard InChI is InChI=1S/C14H19N3O2S/c1-11(12-5-3-2-4-6-12)17-20(18,19)14-8-7-13(9-15)16-10-14/h7-8,10-12,17H,2-6H2,1H3. The van der Waals surface area contributed by atoms with Gasteiger partial charge in [-0.25, -0.2) is 18.1 Å². The zero-order valence-electron chi connectivity index (χ0n) is 11.5. The van der Waals surface area contributed by atoms with Gasteiger partial charge in [-0.05, 0) is 37.8 Å². The van der Waals surface area contributed by atoms with Crippen molar-refractivity contribution in [2.45, 2.75) is 50.0 Å². The normalized spacial score (nSPS) is 18.4. The predicted octanol–water partition coefficient (Wildman–Crippen LogP) is 2.20. The molecule has 1 aliphatic carbocycles. The van der Waals surface area contributed by atoms with Crippen molar-refractivity contribution in [2.75, 3.05) is 0 Å². The molecule has 0 spiro atoms. The fourth-order valence-corrected chi connectivity index (χ4v) is 3.91. The average Bonchev–Trinajstić information content (AvgIpc) is 2.48. The number of hydrogen-bond donors (Lipinski definition) is 1. The Balaban J connectivity index is 2.07. The molecule has 6 heteroatoms. The molecule has 1 aliphatic rings. The van der Waals surface area contributed by atoms with E-state index in [1.165, 1.54) is 37.6 Å². The molecule has 0 bridgehead atoms. The molecular formula is C14H19N3O2S. The largest absolute Gasteiger partial charge is 0.244 e. The summed E-state index contributed by atoms with van der Waals surface area (Å²) in [5, 5.41) is 8.67. The third kappa shape index (κ3) is 3.56. The quantitative estimate of drug-likeness (QED) is 0.922. The van der Waals surface area contributed by atoms with E-state index in [1.54, 1.807) is 0 Å². The van der Waals surface area contributed by atoms with E-state index in [1.807, 2.05) is 13.0 Å². The van der Waals surface area contributed by atoms with E-state index >= 15 is 0 Å². The fraction of sp³-hybridized carbons (Fsp3) is 0.571. The Bertz CT molecular complexity index is 584.